The van der Waals surface area contributed by atoms with E-state index in [4.69, 9.17) is 9.47 Å². The number of alkyl halides is 3. The summed E-state index contributed by atoms with van der Waals surface area (Å²) in [6.07, 6.45) is -7.82. The maximum absolute atomic E-state index is 13.7. The van der Waals surface area contributed by atoms with E-state index < -0.39 is 42.0 Å². The molecule has 5 nitrogen and oxygen atoms in total. The number of carbonyl (C=O) groups is 1. The van der Waals surface area contributed by atoms with Gasteiger partial charge < -0.3 is 14.6 Å². The van der Waals surface area contributed by atoms with E-state index in [2.05, 4.69) is 0 Å². The first-order chi connectivity index (χ1) is 19.6. The van der Waals surface area contributed by atoms with Crippen molar-refractivity contribution in [1.82, 2.24) is 4.90 Å². The number of rotatable bonds is 11. The predicted octanol–water partition coefficient (Wildman–Crippen LogP) is 7.09. The number of carbonyl (C=O) groups excluding carboxylic acids is 1. The first-order valence-corrected chi connectivity index (χ1v) is 12.9. The average Bonchev–Trinajstić information content (AvgIpc) is 2.97. The minimum Gasteiger partial charge on any atom is -0.486 e. The van der Waals surface area contributed by atoms with Gasteiger partial charge >= 0.3 is 12.1 Å². The molecule has 0 aliphatic heterocycles. The van der Waals surface area contributed by atoms with Gasteiger partial charge in [-0.3, -0.25) is 4.90 Å². The van der Waals surface area contributed by atoms with Crippen molar-refractivity contribution in [3.05, 3.63) is 137 Å². The van der Waals surface area contributed by atoms with Crippen LogP contribution in [0.2, 0.25) is 0 Å². The maximum atomic E-state index is 13.7. The molecule has 0 heterocycles. The molecule has 0 aromatic heterocycles. The van der Waals surface area contributed by atoms with Gasteiger partial charge in [-0.15, -0.1) is 0 Å². The molecule has 41 heavy (non-hydrogen) atoms. The van der Waals surface area contributed by atoms with Gasteiger partial charge in [-0.2, -0.15) is 13.2 Å². The van der Waals surface area contributed by atoms with E-state index in [0.717, 1.165) is 17.7 Å². The van der Waals surface area contributed by atoms with Crippen molar-refractivity contribution in [3.8, 4) is 5.75 Å². The molecule has 0 saturated heterocycles. The molecule has 1 unspecified atom stereocenters. The van der Waals surface area contributed by atoms with Crippen molar-refractivity contribution in [3.63, 3.8) is 0 Å². The van der Waals surface area contributed by atoms with Crippen molar-refractivity contribution in [2.75, 3.05) is 7.05 Å². The smallest absolute Gasteiger partial charge is 0.416 e. The molecule has 0 aliphatic carbocycles. The molecule has 0 saturated carbocycles. The van der Waals surface area contributed by atoms with Gasteiger partial charge in [-0.1, -0.05) is 72.8 Å². The summed E-state index contributed by atoms with van der Waals surface area (Å²) in [5, 5.41) is 10.7. The standard InChI is InChI=1S/C32H29F4NO4/c1-37(21-22-8-4-2-5-9-22)29(41-31(39)30(38)24-10-6-3-7-11-24)20-28(23-12-16-26(33)17-13-23)40-27-18-14-25(15-19-27)32(34,35)36/h2-19,28-30,38H,20-21H2,1H3/t28-,29?,30-/m1/s1. The molecular weight excluding hydrogens is 538 g/mol. The topological polar surface area (TPSA) is 59.0 Å². The van der Waals surface area contributed by atoms with Gasteiger partial charge in [0.2, 0.25) is 0 Å². The van der Waals surface area contributed by atoms with Crippen LogP contribution < -0.4 is 4.74 Å². The van der Waals surface area contributed by atoms with Crippen LogP contribution in [-0.2, 0) is 22.3 Å². The third-order valence-corrected chi connectivity index (χ3v) is 6.47. The van der Waals surface area contributed by atoms with Gasteiger partial charge in [0.1, 0.15) is 17.7 Å². The highest BCUT2D eigenvalue weighted by molar-refractivity contribution is 5.76. The van der Waals surface area contributed by atoms with Crippen LogP contribution in [0.3, 0.4) is 0 Å². The number of hydrogen-bond acceptors (Lipinski definition) is 5. The largest absolute Gasteiger partial charge is 0.486 e. The van der Waals surface area contributed by atoms with E-state index in [1.165, 1.54) is 36.4 Å². The summed E-state index contributed by atoms with van der Waals surface area (Å²) in [5.41, 5.74) is 0.983. The van der Waals surface area contributed by atoms with Crippen LogP contribution in [-0.4, -0.2) is 29.3 Å². The highest BCUT2D eigenvalue weighted by atomic mass is 19.4. The zero-order valence-corrected chi connectivity index (χ0v) is 22.2. The second-order valence-corrected chi connectivity index (χ2v) is 9.52. The molecule has 1 N–H and O–H groups in total. The monoisotopic (exact) mass is 567 g/mol. The number of ether oxygens (including phenoxy) is 2. The Balaban J connectivity index is 1.62. The third kappa shape index (κ3) is 8.39. The summed E-state index contributed by atoms with van der Waals surface area (Å²) in [4.78, 5) is 14.8. The number of nitrogens with zero attached hydrogens (tertiary/aromatic N) is 1. The molecule has 4 rings (SSSR count). The van der Waals surface area contributed by atoms with Gasteiger partial charge in [-0.25, -0.2) is 9.18 Å². The van der Waals surface area contributed by atoms with E-state index >= 15 is 0 Å². The number of hydrogen-bond donors (Lipinski definition) is 1. The Morgan fingerprint density at radius 2 is 1.41 bits per heavy atom. The molecule has 0 aliphatic rings. The van der Waals surface area contributed by atoms with Gasteiger partial charge in [0.05, 0.1) is 5.56 Å². The summed E-state index contributed by atoms with van der Waals surface area (Å²) in [6, 6.07) is 27.5. The van der Waals surface area contributed by atoms with Crippen molar-refractivity contribution < 1.29 is 36.9 Å². The summed E-state index contributed by atoms with van der Waals surface area (Å²) >= 11 is 0. The number of benzene rings is 4. The fourth-order valence-electron chi connectivity index (χ4n) is 4.26. The molecule has 0 radical (unpaired) electrons. The molecule has 0 amide bonds. The van der Waals surface area contributed by atoms with Crippen LogP contribution in [0.1, 0.15) is 40.9 Å². The molecule has 214 valence electrons. The van der Waals surface area contributed by atoms with Crippen molar-refractivity contribution in [1.29, 1.82) is 0 Å². The fraction of sp³-hybridized carbons (Fsp3) is 0.219. The van der Waals surface area contributed by atoms with Gasteiger partial charge in [0.15, 0.2) is 12.3 Å². The average molecular weight is 568 g/mol. The van der Waals surface area contributed by atoms with Crippen LogP contribution in [0.5, 0.6) is 5.75 Å². The quantitative estimate of drug-likeness (QED) is 0.119. The molecule has 9 heteroatoms. The Hall–Kier alpha value is -4.21. The molecular formula is C32H29F4NO4. The highest BCUT2D eigenvalue weighted by Crippen LogP contribution is 2.33. The van der Waals surface area contributed by atoms with E-state index in [0.29, 0.717) is 17.7 Å². The van der Waals surface area contributed by atoms with E-state index in [1.54, 1.807) is 42.3 Å². The summed E-state index contributed by atoms with van der Waals surface area (Å²) in [7, 11) is 1.74. The Labute approximate surface area is 235 Å². The lowest BCUT2D eigenvalue weighted by molar-refractivity contribution is -0.171. The minimum absolute atomic E-state index is 0.0171. The Morgan fingerprint density at radius 3 is 2.00 bits per heavy atom. The molecule has 0 spiro atoms. The molecule has 4 aromatic rings. The van der Waals surface area contributed by atoms with Crippen LogP contribution in [0, 0.1) is 5.82 Å². The predicted molar refractivity (Wildman–Crippen MR) is 145 cm³/mol. The normalized spacial score (nSPS) is 13.8. The lowest BCUT2D eigenvalue weighted by Gasteiger charge is -2.32. The third-order valence-electron chi connectivity index (χ3n) is 6.47. The van der Waals surface area contributed by atoms with Gasteiger partial charge in [-0.05, 0) is 60.1 Å². The summed E-state index contributed by atoms with van der Waals surface area (Å²) in [5.74, 6) is -1.21. The summed E-state index contributed by atoms with van der Waals surface area (Å²) in [6.45, 7) is 0.372. The minimum atomic E-state index is -4.51. The van der Waals surface area contributed by atoms with E-state index in [1.807, 2.05) is 30.3 Å². The second kappa shape index (κ2) is 13.4. The lowest BCUT2D eigenvalue weighted by Crippen LogP contribution is -2.38. The van der Waals surface area contributed by atoms with Gasteiger partial charge in [0.25, 0.3) is 0 Å². The Kier molecular flexibility index (Phi) is 9.75. The zero-order chi connectivity index (χ0) is 29.4. The van der Waals surface area contributed by atoms with Crippen LogP contribution >= 0.6 is 0 Å². The van der Waals surface area contributed by atoms with Crippen LogP contribution in [0.4, 0.5) is 17.6 Å². The number of aliphatic hydroxyl groups is 1. The van der Waals surface area contributed by atoms with Crippen molar-refractivity contribution in [2.45, 2.75) is 37.6 Å². The first kappa shape index (κ1) is 29.8. The molecule has 3 atom stereocenters. The van der Waals surface area contributed by atoms with Crippen molar-refractivity contribution >= 4 is 5.97 Å². The van der Waals surface area contributed by atoms with Crippen LogP contribution in [0.15, 0.2) is 109 Å². The maximum Gasteiger partial charge on any atom is 0.416 e. The van der Waals surface area contributed by atoms with E-state index in [-0.39, 0.29) is 12.2 Å². The van der Waals surface area contributed by atoms with Gasteiger partial charge in [0, 0.05) is 13.0 Å². The fourth-order valence-corrected chi connectivity index (χ4v) is 4.26. The number of esters is 1. The molecule has 0 fully saturated rings. The number of aliphatic hydroxyl groups excluding tert-OH is 1. The Morgan fingerprint density at radius 1 is 0.829 bits per heavy atom. The second-order valence-electron chi connectivity index (χ2n) is 9.52. The Bertz CT molecular complexity index is 1380. The highest BCUT2D eigenvalue weighted by Gasteiger charge is 2.31. The van der Waals surface area contributed by atoms with E-state index in [9.17, 15) is 27.5 Å². The van der Waals surface area contributed by atoms with Crippen LogP contribution in [0.25, 0.3) is 0 Å². The number of halogens is 4. The molecule has 0 bridgehead atoms. The summed E-state index contributed by atoms with van der Waals surface area (Å²) < 4.78 is 64.9. The zero-order valence-electron chi connectivity index (χ0n) is 22.2. The molecule has 4 aromatic carbocycles. The first-order valence-electron chi connectivity index (χ1n) is 12.9. The van der Waals surface area contributed by atoms with Crippen molar-refractivity contribution in [2.24, 2.45) is 0 Å². The SMILES string of the molecule is CN(Cc1ccccc1)C(C[C@@H](Oc1ccc(C(F)(F)F)cc1)c1ccc(F)cc1)OC(=O)[C@H](O)c1ccccc1. The lowest BCUT2D eigenvalue weighted by atomic mass is 10.0.